The molecule has 5 heteroatoms. The van der Waals surface area contributed by atoms with E-state index in [-0.39, 0.29) is 10.6 Å². The van der Waals surface area contributed by atoms with E-state index in [0.29, 0.717) is 5.57 Å². The van der Waals surface area contributed by atoms with Gasteiger partial charge in [-0.05, 0) is 56.7 Å². The van der Waals surface area contributed by atoms with Crippen molar-refractivity contribution in [2.75, 3.05) is 0 Å². The quantitative estimate of drug-likeness (QED) is 0.839. The molecule has 1 atom stereocenters. The van der Waals surface area contributed by atoms with Crippen molar-refractivity contribution < 1.29 is 12.8 Å². The Morgan fingerprint density at radius 1 is 1.15 bits per heavy atom. The third-order valence-electron chi connectivity index (χ3n) is 3.01. The van der Waals surface area contributed by atoms with Crippen molar-refractivity contribution in [3.63, 3.8) is 0 Å². The monoisotopic (exact) mass is 293 g/mol. The lowest BCUT2D eigenvalue weighted by Crippen LogP contribution is -2.18. The van der Waals surface area contributed by atoms with Crippen molar-refractivity contribution >= 4 is 15.7 Å². The van der Waals surface area contributed by atoms with Crippen LogP contribution in [0.5, 0.6) is 0 Å². The SMILES string of the molecule is CC1=CC(C)(F)C=C/C1=N/S(=O)(=O)c1ccc(C)cc1. The number of alkyl halides is 1. The average Bonchev–Trinajstić information content (AvgIpc) is 2.33. The molecule has 0 amide bonds. The van der Waals surface area contributed by atoms with Gasteiger partial charge in [-0.3, -0.25) is 0 Å². The predicted molar refractivity (Wildman–Crippen MR) is 78.2 cm³/mol. The van der Waals surface area contributed by atoms with Gasteiger partial charge in [0.05, 0.1) is 10.6 Å². The molecule has 1 unspecified atom stereocenters. The van der Waals surface area contributed by atoms with Crippen LogP contribution in [0.3, 0.4) is 0 Å². The van der Waals surface area contributed by atoms with E-state index in [1.807, 2.05) is 6.92 Å². The molecule has 0 saturated carbocycles. The first-order valence-electron chi connectivity index (χ1n) is 6.19. The van der Waals surface area contributed by atoms with Crippen molar-refractivity contribution in [3.05, 3.63) is 53.6 Å². The van der Waals surface area contributed by atoms with Gasteiger partial charge in [0.25, 0.3) is 10.0 Å². The smallest absolute Gasteiger partial charge is 0.235 e. The molecular weight excluding hydrogens is 277 g/mol. The molecule has 0 aromatic heterocycles. The van der Waals surface area contributed by atoms with Crippen LogP contribution in [-0.2, 0) is 10.0 Å². The van der Waals surface area contributed by atoms with Crippen LogP contribution >= 0.6 is 0 Å². The second-order valence-corrected chi connectivity index (χ2v) is 6.68. The van der Waals surface area contributed by atoms with E-state index in [1.165, 1.54) is 37.3 Å². The van der Waals surface area contributed by atoms with E-state index in [4.69, 9.17) is 0 Å². The van der Waals surface area contributed by atoms with Gasteiger partial charge in [0.1, 0.15) is 5.67 Å². The molecule has 0 heterocycles. The maximum Gasteiger partial charge on any atom is 0.282 e. The minimum Gasteiger partial charge on any atom is -0.235 e. The van der Waals surface area contributed by atoms with E-state index < -0.39 is 15.7 Å². The van der Waals surface area contributed by atoms with Gasteiger partial charge in [0.2, 0.25) is 0 Å². The lowest BCUT2D eigenvalue weighted by atomic mass is 9.96. The van der Waals surface area contributed by atoms with Gasteiger partial charge >= 0.3 is 0 Å². The van der Waals surface area contributed by atoms with Gasteiger partial charge in [0.15, 0.2) is 0 Å². The molecule has 1 aliphatic carbocycles. The molecule has 0 radical (unpaired) electrons. The zero-order chi connectivity index (χ0) is 15.0. The molecule has 0 spiro atoms. The summed E-state index contributed by atoms with van der Waals surface area (Å²) in [5.74, 6) is 0. The third-order valence-corrected chi connectivity index (χ3v) is 4.31. The second kappa shape index (κ2) is 4.98. The van der Waals surface area contributed by atoms with E-state index in [9.17, 15) is 12.8 Å². The van der Waals surface area contributed by atoms with Crippen LogP contribution in [0, 0.1) is 6.92 Å². The van der Waals surface area contributed by atoms with Crippen molar-refractivity contribution in [2.45, 2.75) is 31.3 Å². The van der Waals surface area contributed by atoms with Gasteiger partial charge < -0.3 is 0 Å². The number of allylic oxidation sites excluding steroid dienone is 4. The van der Waals surface area contributed by atoms with Crippen molar-refractivity contribution in [1.82, 2.24) is 0 Å². The summed E-state index contributed by atoms with van der Waals surface area (Å²) in [6.07, 6.45) is 4.06. The van der Waals surface area contributed by atoms with E-state index in [1.54, 1.807) is 19.1 Å². The highest BCUT2D eigenvalue weighted by atomic mass is 32.2. The first kappa shape index (κ1) is 14.7. The zero-order valence-electron chi connectivity index (χ0n) is 11.6. The normalized spacial score (nSPS) is 24.8. The summed E-state index contributed by atoms with van der Waals surface area (Å²) in [5.41, 5.74) is 0.184. The average molecular weight is 293 g/mol. The molecule has 20 heavy (non-hydrogen) atoms. The summed E-state index contributed by atoms with van der Waals surface area (Å²) in [6, 6.07) is 6.45. The van der Waals surface area contributed by atoms with Crippen LogP contribution in [0.2, 0.25) is 0 Å². The van der Waals surface area contributed by atoms with Crippen LogP contribution in [0.4, 0.5) is 4.39 Å². The Kier molecular flexibility index (Phi) is 3.65. The summed E-state index contributed by atoms with van der Waals surface area (Å²) in [4.78, 5) is 0.130. The molecule has 1 aromatic rings. The van der Waals surface area contributed by atoms with Crippen LogP contribution in [0.1, 0.15) is 19.4 Å². The highest BCUT2D eigenvalue weighted by Crippen LogP contribution is 2.23. The standard InChI is InChI=1S/C15H16FNO2S/c1-11-4-6-13(7-5-11)20(18,19)17-14-8-9-15(3,16)10-12(14)2/h4-10H,1-3H3/b17-14-. The minimum atomic E-state index is -3.77. The van der Waals surface area contributed by atoms with Gasteiger partial charge in [-0.1, -0.05) is 17.7 Å². The molecule has 0 saturated heterocycles. The number of halogens is 1. The second-order valence-electron chi connectivity index (χ2n) is 5.08. The molecule has 2 rings (SSSR count). The van der Waals surface area contributed by atoms with Gasteiger partial charge in [-0.15, -0.1) is 0 Å². The highest BCUT2D eigenvalue weighted by molar-refractivity contribution is 7.90. The fourth-order valence-corrected chi connectivity index (χ4v) is 2.96. The lowest BCUT2D eigenvalue weighted by Gasteiger charge is -2.17. The molecule has 3 nitrogen and oxygen atoms in total. The van der Waals surface area contributed by atoms with Crippen LogP contribution < -0.4 is 0 Å². The maximum atomic E-state index is 13.7. The summed E-state index contributed by atoms with van der Waals surface area (Å²) >= 11 is 0. The van der Waals surface area contributed by atoms with Crippen LogP contribution in [-0.4, -0.2) is 19.8 Å². The van der Waals surface area contributed by atoms with Crippen LogP contribution in [0.25, 0.3) is 0 Å². The summed E-state index contributed by atoms with van der Waals surface area (Å²) in [7, 11) is -3.77. The van der Waals surface area contributed by atoms with Crippen LogP contribution in [0.15, 0.2) is 57.4 Å². The van der Waals surface area contributed by atoms with E-state index >= 15 is 0 Å². The Bertz CT molecular complexity index is 711. The zero-order valence-corrected chi connectivity index (χ0v) is 12.4. The molecule has 1 aliphatic rings. The first-order valence-corrected chi connectivity index (χ1v) is 7.63. The van der Waals surface area contributed by atoms with Crippen molar-refractivity contribution in [2.24, 2.45) is 4.40 Å². The summed E-state index contributed by atoms with van der Waals surface area (Å²) in [5, 5.41) is 0. The van der Waals surface area contributed by atoms with E-state index in [2.05, 4.69) is 4.40 Å². The fourth-order valence-electron chi connectivity index (χ4n) is 1.91. The number of sulfonamides is 1. The Morgan fingerprint density at radius 3 is 2.30 bits per heavy atom. The predicted octanol–water partition coefficient (Wildman–Crippen LogP) is 3.37. The molecular formula is C15H16FNO2S. The summed E-state index contributed by atoms with van der Waals surface area (Å²) < 4.78 is 41.9. The maximum absolute atomic E-state index is 13.7. The molecule has 0 N–H and O–H groups in total. The molecule has 0 fully saturated rings. The Balaban J connectivity index is 2.40. The number of hydrogen-bond donors (Lipinski definition) is 0. The van der Waals surface area contributed by atoms with E-state index in [0.717, 1.165) is 5.56 Å². The highest BCUT2D eigenvalue weighted by Gasteiger charge is 2.23. The fraction of sp³-hybridized carbons (Fsp3) is 0.267. The van der Waals surface area contributed by atoms with Gasteiger partial charge in [0, 0.05) is 0 Å². The number of hydrogen-bond acceptors (Lipinski definition) is 2. The Labute approximate surface area is 118 Å². The molecule has 0 aliphatic heterocycles. The first-order chi connectivity index (χ1) is 9.20. The topological polar surface area (TPSA) is 46.5 Å². The van der Waals surface area contributed by atoms with Gasteiger partial charge in [-0.2, -0.15) is 12.8 Å². The largest absolute Gasteiger partial charge is 0.282 e. The summed E-state index contributed by atoms with van der Waals surface area (Å²) in [6.45, 7) is 4.92. The lowest BCUT2D eigenvalue weighted by molar-refractivity contribution is 0.326. The number of nitrogens with zero attached hydrogens (tertiary/aromatic N) is 1. The van der Waals surface area contributed by atoms with Gasteiger partial charge in [-0.25, -0.2) is 4.39 Å². The third kappa shape index (κ3) is 3.22. The molecule has 106 valence electrons. The number of benzene rings is 1. The minimum absolute atomic E-state index is 0.130. The number of aryl methyl sites for hydroxylation is 1. The van der Waals surface area contributed by atoms with Crippen molar-refractivity contribution in [3.8, 4) is 0 Å². The molecule has 0 bridgehead atoms. The number of rotatable bonds is 2. The Hall–Kier alpha value is -1.75. The van der Waals surface area contributed by atoms with Crippen molar-refractivity contribution in [1.29, 1.82) is 0 Å². The Morgan fingerprint density at radius 2 is 1.75 bits per heavy atom. The molecule has 1 aromatic carbocycles.